The summed E-state index contributed by atoms with van der Waals surface area (Å²) in [7, 11) is 1.33. The highest BCUT2D eigenvalue weighted by molar-refractivity contribution is 7.45. The smallest absolute Gasteiger partial charge is 0.306 e. The summed E-state index contributed by atoms with van der Waals surface area (Å²) < 4.78 is 34.7. The largest absolute Gasteiger partial charge is 0.756 e. The summed E-state index contributed by atoms with van der Waals surface area (Å²) in [6.45, 7) is 5.26. The number of allylic oxidation sites excluding steroid dienone is 14. The Balaban J connectivity index is 4.23. The van der Waals surface area contributed by atoms with E-state index in [4.69, 9.17) is 18.5 Å². The Morgan fingerprint density at radius 1 is 0.492 bits per heavy atom. The van der Waals surface area contributed by atoms with Crippen molar-refractivity contribution in [2.24, 2.45) is 0 Å². The van der Waals surface area contributed by atoms with Crippen molar-refractivity contribution in [2.75, 3.05) is 54.1 Å². The van der Waals surface area contributed by atoms with Crippen LogP contribution >= 0.6 is 7.82 Å². The second-order valence-corrected chi connectivity index (χ2v) is 19.9. The SMILES string of the molecule is CC/C=C\C/C=C\C/C=C\C/C=C\C/C=C\C/C=C\C/C=C\CCCCCC(=O)OC(COCCCCCCCCCCCCCCCCCCCC)COP(=O)([O-])OCC[N+](C)(C)C. The highest BCUT2D eigenvalue weighted by atomic mass is 31.2. The molecule has 0 spiro atoms. The maximum absolute atomic E-state index is 12.8. The fraction of sp³-hybridized carbons (Fsp3) is 0.732. The van der Waals surface area contributed by atoms with Crippen LogP contribution in [0.2, 0.25) is 0 Å². The lowest BCUT2D eigenvalue weighted by Crippen LogP contribution is -2.37. The van der Waals surface area contributed by atoms with Crippen LogP contribution in [-0.2, 0) is 27.9 Å². The fourth-order valence-electron chi connectivity index (χ4n) is 6.94. The zero-order valence-corrected chi connectivity index (χ0v) is 43.6. The van der Waals surface area contributed by atoms with Gasteiger partial charge in [0.25, 0.3) is 7.82 Å². The molecule has 0 fully saturated rings. The van der Waals surface area contributed by atoms with Gasteiger partial charge in [-0.15, -0.1) is 0 Å². The number of hydrogen-bond donors (Lipinski definition) is 0. The fourth-order valence-corrected chi connectivity index (χ4v) is 7.67. The number of phosphoric ester groups is 1. The van der Waals surface area contributed by atoms with Gasteiger partial charge in [0.1, 0.15) is 19.3 Å². The third-order valence-electron chi connectivity index (χ3n) is 11.0. The first kappa shape index (κ1) is 62.7. The number of rotatable bonds is 48. The van der Waals surface area contributed by atoms with Gasteiger partial charge in [0, 0.05) is 13.0 Å². The molecule has 0 aliphatic carbocycles. The number of nitrogens with zero attached hydrogens (tertiary/aromatic N) is 1. The van der Waals surface area contributed by atoms with Gasteiger partial charge >= 0.3 is 5.97 Å². The summed E-state index contributed by atoms with van der Waals surface area (Å²) in [6, 6.07) is 0. The zero-order valence-electron chi connectivity index (χ0n) is 42.7. The lowest BCUT2D eigenvalue weighted by Gasteiger charge is -2.28. The van der Waals surface area contributed by atoms with Crippen molar-refractivity contribution >= 4 is 13.8 Å². The van der Waals surface area contributed by atoms with Gasteiger partial charge in [0.15, 0.2) is 0 Å². The molecule has 0 heterocycles. The van der Waals surface area contributed by atoms with Crippen LogP contribution in [0.4, 0.5) is 0 Å². The molecular formula is C56H100NO7P. The predicted molar refractivity (Wildman–Crippen MR) is 277 cm³/mol. The first-order valence-corrected chi connectivity index (χ1v) is 27.8. The van der Waals surface area contributed by atoms with Gasteiger partial charge in [-0.05, 0) is 70.6 Å². The Bertz CT molecular complexity index is 1310. The molecule has 2 unspecified atom stereocenters. The van der Waals surface area contributed by atoms with E-state index in [-0.39, 0.29) is 32.2 Å². The van der Waals surface area contributed by atoms with Gasteiger partial charge in [0.2, 0.25) is 0 Å². The maximum Gasteiger partial charge on any atom is 0.306 e. The summed E-state index contributed by atoms with van der Waals surface area (Å²) >= 11 is 0. The van der Waals surface area contributed by atoms with Crippen LogP contribution in [0.15, 0.2) is 85.1 Å². The third-order valence-corrected chi connectivity index (χ3v) is 11.9. The molecule has 0 saturated carbocycles. The molecule has 65 heavy (non-hydrogen) atoms. The summed E-state index contributed by atoms with van der Waals surface area (Å²) in [6.07, 6.45) is 64.7. The zero-order chi connectivity index (χ0) is 47.6. The van der Waals surface area contributed by atoms with Gasteiger partial charge in [-0.25, -0.2) is 0 Å². The first-order valence-electron chi connectivity index (χ1n) is 26.3. The summed E-state index contributed by atoms with van der Waals surface area (Å²) in [4.78, 5) is 25.2. The van der Waals surface area contributed by atoms with E-state index in [1.165, 1.54) is 103 Å². The van der Waals surface area contributed by atoms with Crippen molar-refractivity contribution in [1.29, 1.82) is 0 Å². The van der Waals surface area contributed by atoms with E-state index < -0.39 is 13.9 Å². The summed E-state index contributed by atoms with van der Waals surface area (Å²) in [5.41, 5.74) is 0. The van der Waals surface area contributed by atoms with E-state index in [2.05, 4.69) is 98.9 Å². The predicted octanol–water partition coefficient (Wildman–Crippen LogP) is 15.8. The van der Waals surface area contributed by atoms with Crippen LogP contribution in [0.25, 0.3) is 0 Å². The summed E-state index contributed by atoms with van der Waals surface area (Å²) in [5, 5.41) is 0. The lowest BCUT2D eigenvalue weighted by molar-refractivity contribution is -0.870. The average Bonchev–Trinajstić information content (AvgIpc) is 3.27. The normalized spacial score (nSPS) is 14.2. The van der Waals surface area contributed by atoms with Crippen LogP contribution in [-0.4, -0.2) is 70.7 Å². The second-order valence-electron chi connectivity index (χ2n) is 18.5. The number of ether oxygens (including phenoxy) is 2. The lowest BCUT2D eigenvalue weighted by atomic mass is 10.0. The quantitative estimate of drug-likeness (QED) is 0.0197. The molecule has 0 aromatic rings. The monoisotopic (exact) mass is 930 g/mol. The van der Waals surface area contributed by atoms with Gasteiger partial charge in [-0.1, -0.05) is 214 Å². The van der Waals surface area contributed by atoms with Crippen molar-refractivity contribution < 1.29 is 37.3 Å². The van der Waals surface area contributed by atoms with Gasteiger partial charge in [-0.3, -0.25) is 9.36 Å². The number of quaternary nitrogens is 1. The van der Waals surface area contributed by atoms with Crippen molar-refractivity contribution in [3.8, 4) is 0 Å². The molecule has 2 atom stereocenters. The maximum atomic E-state index is 12.8. The molecule has 0 aromatic heterocycles. The average molecular weight is 930 g/mol. The van der Waals surface area contributed by atoms with Crippen LogP contribution in [0, 0.1) is 0 Å². The van der Waals surface area contributed by atoms with E-state index in [1.807, 2.05) is 21.1 Å². The van der Waals surface area contributed by atoms with Crippen LogP contribution in [0.5, 0.6) is 0 Å². The molecular weight excluding hydrogens is 830 g/mol. The van der Waals surface area contributed by atoms with E-state index in [1.54, 1.807) is 0 Å². The van der Waals surface area contributed by atoms with Crippen molar-refractivity contribution in [1.82, 2.24) is 0 Å². The number of likely N-dealkylation sites (N-methyl/N-ethyl adjacent to an activating group) is 1. The molecule has 9 heteroatoms. The Hall–Kier alpha value is -2.32. The molecule has 0 saturated heterocycles. The highest BCUT2D eigenvalue weighted by Gasteiger charge is 2.20. The molecule has 0 amide bonds. The number of unbranched alkanes of at least 4 members (excludes halogenated alkanes) is 20. The van der Waals surface area contributed by atoms with Crippen LogP contribution in [0.3, 0.4) is 0 Å². The van der Waals surface area contributed by atoms with E-state index in [0.29, 0.717) is 24.1 Å². The molecule has 0 aliphatic rings. The van der Waals surface area contributed by atoms with Gasteiger partial charge in [0.05, 0.1) is 34.4 Å². The molecule has 0 aromatic carbocycles. The Morgan fingerprint density at radius 3 is 1.32 bits per heavy atom. The van der Waals surface area contributed by atoms with E-state index in [0.717, 1.165) is 77.0 Å². The molecule has 0 N–H and O–H groups in total. The Kier molecular flexibility index (Phi) is 46.4. The minimum atomic E-state index is -4.54. The van der Waals surface area contributed by atoms with E-state index >= 15 is 0 Å². The second kappa shape index (κ2) is 48.1. The first-order chi connectivity index (χ1) is 31.6. The molecule has 0 rings (SSSR count). The van der Waals surface area contributed by atoms with Crippen molar-refractivity contribution in [3.63, 3.8) is 0 Å². The van der Waals surface area contributed by atoms with Crippen molar-refractivity contribution in [2.45, 2.75) is 213 Å². The molecule has 0 bridgehead atoms. The minimum Gasteiger partial charge on any atom is -0.756 e. The topological polar surface area (TPSA) is 94.1 Å². The number of carbonyl (C=O) groups excluding carboxylic acids is 1. The van der Waals surface area contributed by atoms with Crippen LogP contribution in [0.1, 0.15) is 206 Å². The number of esters is 1. The number of phosphoric acid groups is 1. The Labute approximate surface area is 401 Å². The van der Waals surface area contributed by atoms with Crippen LogP contribution < -0.4 is 4.89 Å². The van der Waals surface area contributed by atoms with Gasteiger partial charge < -0.3 is 27.9 Å². The molecule has 8 nitrogen and oxygen atoms in total. The van der Waals surface area contributed by atoms with Gasteiger partial charge in [-0.2, -0.15) is 0 Å². The molecule has 0 radical (unpaired) electrons. The number of carbonyl (C=O) groups is 1. The summed E-state index contributed by atoms with van der Waals surface area (Å²) in [5.74, 6) is -0.366. The Morgan fingerprint density at radius 2 is 0.892 bits per heavy atom. The molecule has 376 valence electrons. The minimum absolute atomic E-state index is 0.0162. The third kappa shape index (κ3) is 52.5. The van der Waals surface area contributed by atoms with E-state index in [9.17, 15) is 14.3 Å². The highest BCUT2D eigenvalue weighted by Crippen LogP contribution is 2.38. The van der Waals surface area contributed by atoms with Crippen molar-refractivity contribution in [3.05, 3.63) is 85.1 Å². The number of hydrogen-bond acceptors (Lipinski definition) is 7. The standard InChI is InChI=1S/C56H100NO7P/c1-6-8-10-12-14-16-18-20-22-24-26-27-28-29-30-31-32-33-35-37-39-41-43-45-47-49-56(58)64-55(54-63-65(59,60)62-52-50-57(3,4)5)53-61-51-48-46-44-42-40-38-36-34-25-23-21-19-17-15-13-11-9-7-2/h8,10,14,16,20,22,26-27,29-30,32-33,37,39,55H,6-7,9,11-13,15,17-19,21,23-25,28,31,34-36,38,40-54H2,1-5H3/b10-8-,16-14-,22-20-,27-26-,30-29-,33-32-,39-37-. The molecule has 0 aliphatic heterocycles.